The number of ether oxygens (including phenoxy) is 4. The lowest BCUT2D eigenvalue weighted by molar-refractivity contribution is -0.157. The van der Waals surface area contributed by atoms with Crippen LogP contribution >= 0.6 is 31.9 Å². The molecule has 368 valence electrons. The summed E-state index contributed by atoms with van der Waals surface area (Å²) in [7, 11) is 0. The molecule has 0 saturated carbocycles. The Labute approximate surface area is 413 Å². The molecule has 0 unspecified atom stereocenters. The van der Waals surface area contributed by atoms with Crippen molar-refractivity contribution < 1.29 is 66.5 Å². The van der Waals surface area contributed by atoms with Gasteiger partial charge in [0.25, 0.3) is 0 Å². The fourth-order valence-corrected chi connectivity index (χ4v) is 8.43. The van der Waals surface area contributed by atoms with Gasteiger partial charge in [-0.3, -0.25) is 24.0 Å². The summed E-state index contributed by atoms with van der Waals surface area (Å²) in [5.41, 5.74) is 2.01. The lowest BCUT2D eigenvalue weighted by Crippen LogP contribution is -2.44. The first-order valence-corrected chi connectivity index (χ1v) is 24.1. The molecule has 6 atom stereocenters. The van der Waals surface area contributed by atoms with E-state index < -0.39 is 78.0 Å². The summed E-state index contributed by atoms with van der Waals surface area (Å²) in [4.78, 5) is 84.8. The summed E-state index contributed by atoms with van der Waals surface area (Å²) in [6.45, 7) is 11.3. The molecule has 0 spiro atoms. The Bertz CT molecular complexity index is 2320. The van der Waals surface area contributed by atoms with Crippen LogP contribution in [0.4, 0.5) is 9.59 Å². The minimum atomic E-state index is -1.15. The van der Waals surface area contributed by atoms with E-state index >= 15 is 0 Å². The SMILES string of the molecule is CC(=O)OC(C)=O.CCCCc1oc([C@@H](O)[C@H](C)C(=O)N2C(=O)OC[C@@H]2Cc2ccccc2)cc1Br.CCCCc1oc([C@@H](OC(C)=O)[C@H](C)C(=O)N2C(=O)OC[C@@H]2Cc2ccccc2)cc1Br. The van der Waals surface area contributed by atoms with Gasteiger partial charge >= 0.3 is 30.1 Å². The van der Waals surface area contributed by atoms with Crippen LogP contribution < -0.4 is 0 Å². The number of amides is 4. The van der Waals surface area contributed by atoms with E-state index in [-0.39, 0.29) is 13.2 Å². The van der Waals surface area contributed by atoms with Crippen LogP contribution in [-0.4, -0.2) is 82.1 Å². The minimum Gasteiger partial charge on any atom is -0.462 e. The smallest absolute Gasteiger partial charge is 0.416 e. The summed E-state index contributed by atoms with van der Waals surface area (Å²) in [6, 6.07) is 21.8. The molecule has 0 bridgehead atoms. The van der Waals surface area contributed by atoms with Crippen LogP contribution in [0.25, 0.3) is 0 Å². The van der Waals surface area contributed by atoms with Crippen LogP contribution in [0.5, 0.6) is 0 Å². The zero-order chi connectivity index (χ0) is 50.1. The highest BCUT2D eigenvalue weighted by atomic mass is 79.9. The number of cyclic esters (lactones) is 2. The van der Waals surface area contributed by atoms with Crippen LogP contribution in [0.2, 0.25) is 0 Å². The van der Waals surface area contributed by atoms with Gasteiger partial charge in [-0.15, -0.1) is 0 Å². The lowest BCUT2D eigenvalue weighted by Gasteiger charge is -2.27. The Kier molecular flexibility index (Phi) is 21.7. The number of furan rings is 2. The van der Waals surface area contributed by atoms with E-state index in [1.807, 2.05) is 60.7 Å². The molecule has 4 amide bonds. The van der Waals surface area contributed by atoms with Crippen molar-refractivity contribution in [3.8, 4) is 0 Å². The van der Waals surface area contributed by atoms with Crippen LogP contribution in [-0.2, 0) is 68.6 Å². The van der Waals surface area contributed by atoms with Crippen molar-refractivity contribution in [2.24, 2.45) is 11.8 Å². The highest BCUT2D eigenvalue weighted by Crippen LogP contribution is 2.36. The molecule has 6 rings (SSSR count). The van der Waals surface area contributed by atoms with E-state index in [4.69, 9.17) is 23.0 Å². The van der Waals surface area contributed by atoms with Crippen molar-refractivity contribution in [1.29, 1.82) is 0 Å². The number of aliphatic hydroxyl groups excluding tert-OH is 1. The van der Waals surface area contributed by atoms with Crippen molar-refractivity contribution in [3.05, 3.63) is 116 Å². The first-order valence-electron chi connectivity index (χ1n) is 22.5. The van der Waals surface area contributed by atoms with Crippen molar-refractivity contribution >= 4 is 73.8 Å². The number of aliphatic hydroxyl groups is 1. The predicted molar refractivity (Wildman–Crippen MR) is 255 cm³/mol. The molecular formula is C50H60Br2N2O14. The number of imide groups is 2. The Hall–Kier alpha value is -5.59. The standard InChI is InChI=1S/C24H28BrNO6.C22H26BrNO5.C4H6O3/c1-4-5-11-20-19(25)13-21(32-20)22(31-16(3)27)15(2)23(28)26-18(14-30-24(26)29)12-17-9-7-6-8-10-17;1-3-4-10-18-17(23)12-19(29-18)20(25)14(2)21(26)24-16(13-28-22(24)27)11-15-8-6-5-7-9-15;1-3(5)7-4(2)6/h6-10,13,15,18,22H,4-5,11-12,14H2,1-3H3;5-9,12,14,16,20,25H,3-4,10-11,13H2,1-2H3;1-2H3/t15-,18-,22-;14-,16-,20-;/m00./s1. The number of carbonyl (C=O) groups excluding carboxylic acids is 7. The van der Waals surface area contributed by atoms with E-state index in [1.54, 1.807) is 26.0 Å². The topological polar surface area (TPSA) is 209 Å². The minimum absolute atomic E-state index is 0.123. The number of esters is 3. The van der Waals surface area contributed by atoms with Gasteiger partial charge in [-0.25, -0.2) is 19.4 Å². The third kappa shape index (κ3) is 15.7. The first-order chi connectivity index (χ1) is 32.4. The van der Waals surface area contributed by atoms with Crippen LogP contribution in [0.15, 0.2) is 90.6 Å². The summed E-state index contributed by atoms with van der Waals surface area (Å²) >= 11 is 6.94. The third-order valence-corrected chi connectivity index (χ3v) is 12.3. The van der Waals surface area contributed by atoms with E-state index in [9.17, 15) is 38.7 Å². The summed E-state index contributed by atoms with van der Waals surface area (Å²) in [5.74, 6) is -2.13. The normalized spacial score (nSPS) is 17.0. The van der Waals surface area contributed by atoms with Crippen molar-refractivity contribution in [2.45, 2.75) is 124 Å². The maximum absolute atomic E-state index is 13.4. The molecule has 1 N–H and O–H groups in total. The fraction of sp³-hybridized carbons (Fsp3) is 0.460. The number of unbranched alkanes of at least 4 members (excludes halogenated alkanes) is 2. The summed E-state index contributed by atoms with van der Waals surface area (Å²) in [6.07, 6.45) is 2.95. The second-order valence-electron chi connectivity index (χ2n) is 16.4. The van der Waals surface area contributed by atoms with E-state index in [0.717, 1.165) is 79.9 Å². The Morgan fingerprint density at radius 3 is 1.47 bits per heavy atom. The van der Waals surface area contributed by atoms with Crippen LogP contribution in [0.1, 0.15) is 121 Å². The van der Waals surface area contributed by atoms with Crippen molar-refractivity contribution in [1.82, 2.24) is 9.80 Å². The van der Waals surface area contributed by atoms with Gasteiger partial charge in [0.05, 0.1) is 32.9 Å². The Morgan fingerprint density at radius 2 is 1.07 bits per heavy atom. The second-order valence-corrected chi connectivity index (χ2v) is 18.2. The number of hydrogen-bond acceptors (Lipinski definition) is 14. The number of nitrogens with zero attached hydrogens (tertiary/aromatic N) is 2. The number of rotatable bonds is 17. The van der Waals surface area contributed by atoms with Gasteiger partial charge in [0.1, 0.15) is 42.4 Å². The molecule has 2 aliphatic heterocycles. The molecule has 0 aliphatic carbocycles. The van der Waals surface area contributed by atoms with Gasteiger partial charge in [-0.2, -0.15) is 0 Å². The zero-order valence-corrected chi connectivity index (χ0v) is 42.5. The monoisotopic (exact) mass is 1070 g/mol. The van der Waals surface area contributed by atoms with Gasteiger partial charge in [0.15, 0.2) is 6.10 Å². The molecule has 0 radical (unpaired) electrons. The molecule has 68 heavy (non-hydrogen) atoms. The van der Waals surface area contributed by atoms with Gasteiger partial charge in [0, 0.05) is 33.6 Å². The number of carbonyl (C=O) groups is 7. The predicted octanol–water partition coefficient (Wildman–Crippen LogP) is 9.96. The molecule has 18 heteroatoms. The highest BCUT2D eigenvalue weighted by molar-refractivity contribution is 9.10. The fourth-order valence-electron chi connectivity index (χ4n) is 7.42. The Morgan fingerprint density at radius 1 is 0.662 bits per heavy atom. The number of halogens is 2. The second kappa shape index (κ2) is 26.8. The quantitative estimate of drug-likeness (QED) is 0.0593. The average molecular weight is 1070 g/mol. The van der Waals surface area contributed by atoms with E-state index in [1.165, 1.54) is 20.8 Å². The molecule has 4 heterocycles. The zero-order valence-electron chi connectivity index (χ0n) is 39.4. The summed E-state index contributed by atoms with van der Waals surface area (Å²) < 4.78 is 33.0. The number of benzene rings is 2. The highest BCUT2D eigenvalue weighted by Gasteiger charge is 2.44. The summed E-state index contributed by atoms with van der Waals surface area (Å²) in [5, 5.41) is 10.7. The van der Waals surface area contributed by atoms with Crippen molar-refractivity contribution in [2.75, 3.05) is 13.2 Å². The lowest BCUT2D eigenvalue weighted by atomic mass is 9.98. The number of hydrogen-bond donors (Lipinski definition) is 1. The molecule has 2 saturated heterocycles. The van der Waals surface area contributed by atoms with Crippen LogP contribution in [0, 0.1) is 11.8 Å². The van der Waals surface area contributed by atoms with Crippen molar-refractivity contribution in [3.63, 3.8) is 0 Å². The van der Waals surface area contributed by atoms with Gasteiger partial charge < -0.3 is 32.9 Å². The Balaban J connectivity index is 0.000000261. The van der Waals surface area contributed by atoms with E-state index in [2.05, 4.69) is 50.4 Å². The molecular weight excluding hydrogens is 1010 g/mol. The van der Waals surface area contributed by atoms with Gasteiger partial charge in [-0.1, -0.05) is 94.3 Å². The largest absolute Gasteiger partial charge is 0.462 e. The van der Waals surface area contributed by atoms with Gasteiger partial charge in [-0.05, 0) is 87.7 Å². The molecule has 2 aromatic heterocycles. The third-order valence-electron chi connectivity index (χ3n) is 11.0. The van der Waals surface area contributed by atoms with E-state index in [0.29, 0.717) is 24.4 Å². The molecule has 16 nitrogen and oxygen atoms in total. The first kappa shape index (κ1) is 55.0. The molecule has 2 aromatic carbocycles. The molecule has 2 aliphatic rings. The maximum Gasteiger partial charge on any atom is 0.416 e. The molecule has 2 fully saturated rings. The van der Waals surface area contributed by atoms with Gasteiger partial charge in [0.2, 0.25) is 11.8 Å². The average Bonchev–Trinajstić information content (AvgIpc) is 4.07. The number of aryl methyl sites for hydroxylation is 2. The van der Waals surface area contributed by atoms with Crippen LogP contribution in [0.3, 0.4) is 0 Å². The molecule has 4 aromatic rings. The maximum atomic E-state index is 13.4.